The molecule has 5 aromatic rings. The molecule has 2 heterocycles. The lowest BCUT2D eigenvalue weighted by Crippen LogP contribution is -2.06. The predicted octanol–water partition coefficient (Wildman–Crippen LogP) is 6.19. The van der Waals surface area contributed by atoms with Crippen molar-refractivity contribution in [2.45, 2.75) is 32.7 Å². The van der Waals surface area contributed by atoms with Crippen LogP contribution in [-0.2, 0) is 20.0 Å². The third-order valence-electron chi connectivity index (χ3n) is 6.42. The number of carboxylic acid groups (broad SMARTS) is 1. The first-order valence-electron chi connectivity index (χ1n) is 11.9. The minimum absolute atomic E-state index is 0.310. The molecular weight excluding hydrogens is 436 g/mol. The molecule has 6 heteroatoms. The molecule has 0 radical (unpaired) electrons. The Balaban J connectivity index is 1.52. The minimum atomic E-state index is -0.918. The van der Waals surface area contributed by atoms with E-state index in [1.54, 1.807) is 12.1 Å². The van der Waals surface area contributed by atoms with Gasteiger partial charge in [0.2, 0.25) is 0 Å². The smallest absolute Gasteiger partial charge is 0.336 e. The first-order chi connectivity index (χ1) is 17.0. The van der Waals surface area contributed by atoms with Gasteiger partial charge < -0.3 is 14.2 Å². The van der Waals surface area contributed by atoms with Gasteiger partial charge in [-0.1, -0.05) is 55.8 Å². The third-order valence-corrected chi connectivity index (χ3v) is 6.42. The van der Waals surface area contributed by atoms with E-state index in [-0.39, 0.29) is 0 Å². The zero-order chi connectivity index (χ0) is 24.4. The largest absolute Gasteiger partial charge is 0.478 e. The van der Waals surface area contributed by atoms with Crippen molar-refractivity contribution in [2.75, 3.05) is 0 Å². The summed E-state index contributed by atoms with van der Waals surface area (Å²) in [6, 6.07) is 21.6. The molecule has 35 heavy (non-hydrogen) atoms. The Hall–Kier alpha value is -4.19. The van der Waals surface area contributed by atoms with E-state index < -0.39 is 5.97 Å². The summed E-state index contributed by atoms with van der Waals surface area (Å²) in [5.41, 5.74) is 6.21. The quantitative estimate of drug-likeness (QED) is 0.297. The fourth-order valence-corrected chi connectivity index (χ4v) is 4.55. The summed E-state index contributed by atoms with van der Waals surface area (Å²) in [5, 5.41) is 9.55. The van der Waals surface area contributed by atoms with E-state index in [1.165, 1.54) is 0 Å². The van der Waals surface area contributed by atoms with E-state index in [2.05, 4.69) is 46.8 Å². The second-order valence-electron chi connectivity index (χ2n) is 8.83. The van der Waals surface area contributed by atoms with Crippen molar-refractivity contribution in [3.05, 3.63) is 96.1 Å². The van der Waals surface area contributed by atoms with Gasteiger partial charge in [-0.2, -0.15) is 0 Å². The number of aromatic nitrogens is 4. The van der Waals surface area contributed by atoms with Crippen molar-refractivity contribution in [3.8, 4) is 22.5 Å². The number of hydrogen-bond acceptors (Lipinski definition) is 3. The van der Waals surface area contributed by atoms with E-state index >= 15 is 0 Å². The predicted molar refractivity (Wildman–Crippen MR) is 138 cm³/mol. The molecule has 0 unspecified atom stereocenters. The molecule has 0 bridgehead atoms. The fourth-order valence-electron chi connectivity index (χ4n) is 4.55. The summed E-state index contributed by atoms with van der Waals surface area (Å²) in [5.74, 6) is 1.09. The van der Waals surface area contributed by atoms with E-state index in [4.69, 9.17) is 4.98 Å². The van der Waals surface area contributed by atoms with Crippen LogP contribution in [0, 0.1) is 0 Å². The van der Waals surface area contributed by atoms with Gasteiger partial charge in [-0.25, -0.2) is 14.8 Å². The van der Waals surface area contributed by atoms with Gasteiger partial charge in [-0.15, -0.1) is 0 Å². The standard InChI is InChI=1S/C29H28N4O2/c1-3-4-9-27-31-25-15-14-22(28-30-16-17-32(28)2)18-26(25)33(27)19-20-10-12-21(13-11-20)23-7-5-6-8-24(23)29(34)35/h5-8,10-18H,3-4,9,19H2,1-2H3,(H,34,35). The van der Waals surface area contributed by atoms with Crippen molar-refractivity contribution in [1.29, 1.82) is 0 Å². The molecule has 0 spiro atoms. The number of aromatic carboxylic acids is 1. The Kier molecular flexibility index (Phi) is 6.19. The number of benzene rings is 3. The van der Waals surface area contributed by atoms with Gasteiger partial charge in [0.25, 0.3) is 0 Å². The van der Waals surface area contributed by atoms with Crippen LogP contribution in [0.5, 0.6) is 0 Å². The van der Waals surface area contributed by atoms with Crippen LogP contribution in [0.2, 0.25) is 0 Å². The van der Waals surface area contributed by atoms with Crippen LogP contribution in [0.1, 0.15) is 41.5 Å². The summed E-state index contributed by atoms with van der Waals surface area (Å²) in [4.78, 5) is 21.1. The monoisotopic (exact) mass is 464 g/mol. The van der Waals surface area contributed by atoms with Crippen molar-refractivity contribution in [2.24, 2.45) is 7.05 Å². The van der Waals surface area contributed by atoms with Gasteiger partial charge in [0.1, 0.15) is 11.6 Å². The number of rotatable bonds is 8. The fraction of sp³-hybridized carbons (Fsp3) is 0.207. The van der Waals surface area contributed by atoms with E-state index in [9.17, 15) is 9.90 Å². The van der Waals surface area contributed by atoms with Gasteiger partial charge in [-0.05, 0) is 47.4 Å². The second kappa shape index (κ2) is 9.58. The highest BCUT2D eigenvalue weighted by atomic mass is 16.4. The second-order valence-corrected chi connectivity index (χ2v) is 8.83. The number of nitrogens with zero attached hydrogens (tertiary/aromatic N) is 4. The van der Waals surface area contributed by atoms with Crippen LogP contribution in [0.25, 0.3) is 33.5 Å². The molecule has 5 rings (SSSR count). The molecule has 0 atom stereocenters. The molecule has 0 saturated heterocycles. The summed E-state index contributed by atoms with van der Waals surface area (Å²) in [6.07, 6.45) is 6.88. The first kappa shape index (κ1) is 22.6. The summed E-state index contributed by atoms with van der Waals surface area (Å²) >= 11 is 0. The Morgan fingerprint density at radius 3 is 2.49 bits per heavy atom. The maximum Gasteiger partial charge on any atom is 0.336 e. The molecule has 0 amide bonds. The molecule has 0 saturated carbocycles. The summed E-state index contributed by atoms with van der Waals surface area (Å²) in [7, 11) is 2.00. The van der Waals surface area contributed by atoms with Gasteiger partial charge in [0, 0.05) is 38.0 Å². The zero-order valence-electron chi connectivity index (χ0n) is 20.0. The molecule has 0 aliphatic heterocycles. The molecule has 3 aromatic carbocycles. The number of imidazole rings is 2. The number of fused-ring (bicyclic) bond motifs is 1. The lowest BCUT2D eigenvalue weighted by molar-refractivity contribution is 0.0697. The topological polar surface area (TPSA) is 72.9 Å². The molecular formula is C29H28N4O2. The maximum atomic E-state index is 11.6. The first-order valence-corrected chi connectivity index (χ1v) is 11.9. The lowest BCUT2D eigenvalue weighted by Gasteiger charge is -2.12. The molecule has 6 nitrogen and oxygen atoms in total. The van der Waals surface area contributed by atoms with Gasteiger partial charge in [0.15, 0.2) is 0 Å². The highest BCUT2D eigenvalue weighted by Crippen LogP contribution is 2.27. The Morgan fingerprint density at radius 2 is 1.77 bits per heavy atom. The number of carboxylic acids is 1. The normalized spacial score (nSPS) is 11.3. The van der Waals surface area contributed by atoms with E-state index in [0.717, 1.165) is 64.2 Å². The molecule has 176 valence electrons. The van der Waals surface area contributed by atoms with Crippen LogP contribution in [0.4, 0.5) is 0 Å². The van der Waals surface area contributed by atoms with Crippen LogP contribution in [-0.4, -0.2) is 30.2 Å². The maximum absolute atomic E-state index is 11.6. The number of hydrogen-bond donors (Lipinski definition) is 1. The van der Waals surface area contributed by atoms with E-state index in [0.29, 0.717) is 12.1 Å². The molecule has 1 N–H and O–H groups in total. The summed E-state index contributed by atoms with van der Waals surface area (Å²) < 4.78 is 4.32. The number of aryl methyl sites for hydroxylation is 2. The highest BCUT2D eigenvalue weighted by molar-refractivity contribution is 5.96. The third kappa shape index (κ3) is 4.47. The van der Waals surface area contributed by atoms with Gasteiger partial charge in [0.05, 0.1) is 16.6 Å². The van der Waals surface area contributed by atoms with Gasteiger partial charge in [-0.3, -0.25) is 0 Å². The molecule has 2 aromatic heterocycles. The van der Waals surface area contributed by atoms with Crippen molar-refractivity contribution in [3.63, 3.8) is 0 Å². The number of unbranched alkanes of at least 4 members (excludes halogenated alkanes) is 1. The Bertz CT molecular complexity index is 1500. The molecule has 0 fully saturated rings. The van der Waals surface area contributed by atoms with Crippen LogP contribution in [0.15, 0.2) is 79.1 Å². The average molecular weight is 465 g/mol. The van der Waals surface area contributed by atoms with Crippen molar-refractivity contribution >= 4 is 17.0 Å². The van der Waals surface area contributed by atoms with E-state index in [1.807, 2.05) is 48.3 Å². The summed E-state index contributed by atoms with van der Waals surface area (Å²) in [6.45, 7) is 2.89. The highest BCUT2D eigenvalue weighted by Gasteiger charge is 2.15. The van der Waals surface area contributed by atoms with Crippen LogP contribution in [0.3, 0.4) is 0 Å². The van der Waals surface area contributed by atoms with Crippen molar-refractivity contribution < 1.29 is 9.90 Å². The average Bonchev–Trinajstić information content (AvgIpc) is 3.46. The SMILES string of the molecule is CCCCc1nc2ccc(-c3nccn3C)cc2n1Cc1ccc(-c2ccccc2C(=O)O)cc1. The Morgan fingerprint density at radius 1 is 1.00 bits per heavy atom. The zero-order valence-corrected chi connectivity index (χ0v) is 20.0. The Labute approximate surface area is 204 Å². The number of carbonyl (C=O) groups is 1. The van der Waals surface area contributed by atoms with Crippen LogP contribution >= 0.6 is 0 Å². The van der Waals surface area contributed by atoms with Crippen molar-refractivity contribution in [1.82, 2.24) is 19.1 Å². The minimum Gasteiger partial charge on any atom is -0.478 e. The lowest BCUT2D eigenvalue weighted by atomic mass is 9.99. The van der Waals surface area contributed by atoms with Crippen LogP contribution < -0.4 is 0 Å². The molecule has 0 aliphatic rings. The molecule has 0 aliphatic carbocycles. The van der Waals surface area contributed by atoms with Gasteiger partial charge >= 0.3 is 5.97 Å².